The Kier molecular flexibility index (Phi) is 4.93. The topological polar surface area (TPSA) is 79.8 Å². The second-order valence-corrected chi connectivity index (χ2v) is 4.74. The van der Waals surface area contributed by atoms with Gasteiger partial charge in [-0.1, -0.05) is 6.92 Å². The minimum absolute atomic E-state index is 0.113. The Morgan fingerprint density at radius 1 is 1.26 bits per heavy atom. The van der Waals surface area contributed by atoms with Gasteiger partial charge in [-0.05, 0) is 12.6 Å². The number of thiazole rings is 1. The van der Waals surface area contributed by atoms with Crippen LogP contribution >= 0.6 is 11.3 Å². The fourth-order valence-electron chi connectivity index (χ4n) is 1.42. The molecule has 0 radical (unpaired) electrons. The summed E-state index contributed by atoms with van der Waals surface area (Å²) in [6.07, 6.45) is 4.86. The molecule has 0 spiro atoms. The summed E-state index contributed by atoms with van der Waals surface area (Å²) in [5.74, 6) is 0.428. The van der Waals surface area contributed by atoms with Crippen LogP contribution in [0.5, 0.6) is 0 Å². The highest BCUT2D eigenvalue weighted by Gasteiger charge is 2.12. The van der Waals surface area contributed by atoms with Crippen LogP contribution in [0.2, 0.25) is 0 Å². The van der Waals surface area contributed by atoms with Gasteiger partial charge >= 0.3 is 0 Å². The number of hydrogen-bond acceptors (Lipinski definition) is 6. The highest BCUT2D eigenvalue weighted by Crippen LogP contribution is 2.21. The Bertz CT molecular complexity index is 528. The van der Waals surface area contributed by atoms with Crippen LogP contribution in [0.15, 0.2) is 24.7 Å². The number of carbonyl (C=O) groups is 1. The summed E-state index contributed by atoms with van der Waals surface area (Å²) >= 11 is 1.29. The average molecular weight is 277 g/mol. The molecule has 0 unspecified atom stereocenters. The minimum Gasteiger partial charge on any atom is -0.350 e. The van der Waals surface area contributed by atoms with Gasteiger partial charge in [-0.25, -0.2) is 15.0 Å². The Morgan fingerprint density at radius 2 is 2.05 bits per heavy atom. The van der Waals surface area contributed by atoms with Crippen molar-refractivity contribution >= 4 is 17.2 Å². The van der Waals surface area contributed by atoms with Gasteiger partial charge < -0.3 is 10.6 Å². The van der Waals surface area contributed by atoms with Crippen molar-refractivity contribution in [2.45, 2.75) is 6.92 Å². The molecule has 2 aromatic heterocycles. The van der Waals surface area contributed by atoms with Gasteiger partial charge in [0, 0.05) is 25.5 Å². The third-order valence-electron chi connectivity index (χ3n) is 2.32. The van der Waals surface area contributed by atoms with E-state index >= 15 is 0 Å². The molecule has 0 saturated heterocycles. The monoisotopic (exact) mass is 277 g/mol. The van der Waals surface area contributed by atoms with E-state index < -0.39 is 0 Å². The van der Waals surface area contributed by atoms with Crippen LogP contribution in [0.4, 0.5) is 0 Å². The molecule has 6 nitrogen and oxygen atoms in total. The van der Waals surface area contributed by atoms with Gasteiger partial charge in [0.2, 0.25) is 0 Å². The first-order chi connectivity index (χ1) is 9.31. The normalized spacial score (nSPS) is 10.4. The standard InChI is InChI=1S/C12H15N5OS/c1-2-13-6-7-16-11(18)9-8-17-12(19-9)10-14-4-3-5-15-10/h3-5,8,13H,2,6-7H2,1H3,(H,16,18). The predicted molar refractivity (Wildman–Crippen MR) is 74.0 cm³/mol. The summed E-state index contributed by atoms with van der Waals surface area (Å²) in [4.78, 5) is 24.8. The molecule has 1 amide bonds. The molecular formula is C12H15N5OS. The molecule has 0 aromatic carbocycles. The van der Waals surface area contributed by atoms with Crippen molar-refractivity contribution in [1.29, 1.82) is 0 Å². The summed E-state index contributed by atoms with van der Waals surface area (Å²) in [5, 5.41) is 6.62. The molecule has 0 atom stereocenters. The maximum atomic E-state index is 11.8. The lowest BCUT2D eigenvalue weighted by molar-refractivity contribution is 0.0958. The molecule has 7 heteroatoms. The van der Waals surface area contributed by atoms with Crippen molar-refractivity contribution in [3.8, 4) is 10.8 Å². The Morgan fingerprint density at radius 3 is 2.79 bits per heavy atom. The van der Waals surface area contributed by atoms with Crippen molar-refractivity contribution in [2.24, 2.45) is 0 Å². The Hall–Kier alpha value is -1.86. The van der Waals surface area contributed by atoms with Gasteiger partial charge in [-0.15, -0.1) is 11.3 Å². The predicted octanol–water partition coefficient (Wildman–Crippen LogP) is 0.939. The molecule has 0 aliphatic heterocycles. The minimum atomic E-state index is -0.113. The summed E-state index contributed by atoms with van der Waals surface area (Å²) in [6, 6.07) is 1.74. The number of nitrogens with zero attached hydrogens (tertiary/aromatic N) is 3. The average Bonchev–Trinajstić information content (AvgIpc) is 2.94. The first kappa shape index (κ1) is 13.6. The van der Waals surface area contributed by atoms with Gasteiger partial charge in [-0.3, -0.25) is 4.79 Å². The molecule has 0 fully saturated rings. The lowest BCUT2D eigenvalue weighted by Gasteiger charge is -2.02. The lowest BCUT2D eigenvalue weighted by atomic mass is 10.5. The van der Waals surface area contributed by atoms with Gasteiger partial charge in [0.1, 0.15) is 4.88 Å². The molecular weight excluding hydrogens is 262 g/mol. The van der Waals surface area contributed by atoms with E-state index in [0.29, 0.717) is 22.3 Å². The molecule has 2 aromatic rings. The number of amides is 1. The Labute approximate surface area is 115 Å². The van der Waals surface area contributed by atoms with E-state index in [4.69, 9.17) is 0 Å². The zero-order valence-electron chi connectivity index (χ0n) is 10.6. The van der Waals surface area contributed by atoms with Crippen molar-refractivity contribution in [3.05, 3.63) is 29.5 Å². The van der Waals surface area contributed by atoms with Crippen LogP contribution in [-0.4, -0.2) is 40.5 Å². The van der Waals surface area contributed by atoms with Crippen LogP contribution < -0.4 is 10.6 Å². The Balaban J connectivity index is 1.95. The third-order valence-corrected chi connectivity index (χ3v) is 3.32. The SMILES string of the molecule is CCNCCNC(=O)c1cnc(-c2ncccn2)s1. The van der Waals surface area contributed by atoms with Gasteiger partial charge in [0.05, 0.1) is 6.20 Å². The van der Waals surface area contributed by atoms with E-state index in [1.807, 2.05) is 6.92 Å². The van der Waals surface area contributed by atoms with Crippen molar-refractivity contribution in [2.75, 3.05) is 19.6 Å². The maximum absolute atomic E-state index is 11.8. The van der Waals surface area contributed by atoms with Crippen LogP contribution in [0, 0.1) is 0 Å². The molecule has 0 aliphatic rings. The molecule has 0 saturated carbocycles. The van der Waals surface area contributed by atoms with Crippen LogP contribution in [0.1, 0.15) is 16.6 Å². The van der Waals surface area contributed by atoms with Crippen molar-refractivity contribution in [1.82, 2.24) is 25.6 Å². The van der Waals surface area contributed by atoms with E-state index in [1.54, 1.807) is 24.7 Å². The van der Waals surface area contributed by atoms with Gasteiger partial charge in [0.25, 0.3) is 5.91 Å². The number of nitrogens with one attached hydrogen (secondary N) is 2. The number of aromatic nitrogens is 3. The van der Waals surface area contributed by atoms with Crippen molar-refractivity contribution in [3.63, 3.8) is 0 Å². The number of likely N-dealkylation sites (N-methyl/N-ethyl adjacent to an activating group) is 1. The molecule has 0 bridgehead atoms. The molecule has 2 heterocycles. The number of rotatable bonds is 6. The zero-order chi connectivity index (χ0) is 13.5. The second kappa shape index (κ2) is 6.91. The van der Waals surface area contributed by atoms with Gasteiger partial charge in [-0.2, -0.15) is 0 Å². The first-order valence-electron chi connectivity index (χ1n) is 6.03. The van der Waals surface area contributed by atoms with E-state index in [0.717, 1.165) is 13.1 Å². The zero-order valence-corrected chi connectivity index (χ0v) is 11.4. The van der Waals surface area contributed by atoms with E-state index in [-0.39, 0.29) is 5.91 Å². The third kappa shape index (κ3) is 3.80. The summed E-state index contributed by atoms with van der Waals surface area (Å²) < 4.78 is 0. The van der Waals surface area contributed by atoms with E-state index in [2.05, 4.69) is 25.6 Å². The second-order valence-electron chi connectivity index (χ2n) is 3.71. The van der Waals surface area contributed by atoms with Crippen LogP contribution in [-0.2, 0) is 0 Å². The molecule has 19 heavy (non-hydrogen) atoms. The summed E-state index contributed by atoms with van der Waals surface area (Å²) in [6.45, 7) is 4.28. The highest BCUT2D eigenvalue weighted by molar-refractivity contribution is 7.16. The fourth-order valence-corrected chi connectivity index (χ4v) is 2.20. The number of hydrogen-bond donors (Lipinski definition) is 2. The quantitative estimate of drug-likeness (QED) is 0.768. The van der Waals surface area contributed by atoms with E-state index in [1.165, 1.54) is 11.3 Å². The lowest BCUT2D eigenvalue weighted by Crippen LogP contribution is -2.31. The molecule has 2 N–H and O–H groups in total. The molecule has 2 rings (SSSR count). The smallest absolute Gasteiger partial charge is 0.263 e. The van der Waals surface area contributed by atoms with Gasteiger partial charge in [0.15, 0.2) is 10.8 Å². The molecule has 0 aliphatic carbocycles. The fraction of sp³-hybridized carbons (Fsp3) is 0.333. The van der Waals surface area contributed by atoms with Crippen LogP contribution in [0.25, 0.3) is 10.8 Å². The number of carbonyl (C=O) groups excluding carboxylic acids is 1. The maximum Gasteiger partial charge on any atom is 0.263 e. The summed E-state index contributed by atoms with van der Waals surface area (Å²) in [7, 11) is 0. The highest BCUT2D eigenvalue weighted by atomic mass is 32.1. The molecule has 100 valence electrons. The largest absolute Gasteiger partial charge is 0.350 e. The van der Waals surface area contributed by atoms with Crippen LogP contribution in [0.3, 0.4) is 0 Å². The summed E-state index contributed by atoms with van der Waals surface area (Å²) in [5.41, 5.74) is 0. The first-order valence-corrected chi connectivity index (χ1v) is 6.85. The van der Waals surface area contributed by atoms with E-state index in [9.17, 15) is 4.79 Å². The van der Waals surface area contributed by atoms with Crippen molar-refractivity contribution < 1.29 is 4.79 Å².